The highest BCUT2D eigenvalue weighted by Crippen LogP contribution is 2.12. The third-order valence-corrected chi connectivity index (χ3v) is 5.96. The van der Waals surface area contributed by atoms with E-state index in [1.807, 2.05) is 49.6 Å². The number of nitrogens with zero attached hydrogens (tertiary/aromatic N) is 1. The molecule has 0 saturated heterocycles. The predicted molar refractivity (Wildman–Crippen MR) is 124 cm³/mol. The Morgan fingerprint density at radius 1 is 1.07 bits per heavy atom. The van der Waals surface area contributed by atoms with Gasteiger partial charge in [-0.2, -0.15) is 0 Å². The number of hydrogen-bond acceptors (Lipinski definition) is 4. The summed E-state index contributed by atoms with van der Waals surface area (Å²) < 4.78 is 27.1. The van der Waals surface area contributed by atoms with Crippen molar-refractivity contribution >= 4 is 51.3 Å². The number of guanidine groups is 1. The van der Waals surface area contributed by atoms with Gasteiger partial charge in [0.2, 0.25) is 10.0 Å². The predicted octanol–water partition coefficient (Wildman–Crippen LogP) is 3.06. The van der Waals surface area contributed by atoms with Crippen LogP contribution in [0, 0.1) is 0 Å². The van der Waals surface area contributed by atoms with E-state index in [1.54, 1.807) is 18.4 Å². The number of aliphatic imine (C=N–C) groups is 1. The Morgan fingerprint density at radius 2 is 1.74 bits per heavy atom. The summed E-state index contributed by atoms with van der Waals surface area (Å²) in [4.78, 5) is 5.44. The van der Waals surface area contributed by atoms with Crippen molar-refractivity contribution in [2.24, 2.45) is 4.99 Å². The van der Waals surface area contributed by atoms with Crippen molar-refractivity contribution < 1.29 is 8.42 Å². The Kier molecular flexibility index (Phi) is 10.3. The molecular weight excluding hydrogens is 495 g/mol. The first-order valence-corrected chi connectivity index (χ1v) is 11.0. The van der Waals surface area contributed by atoms with Crippen LogP contribution in [0.5, 0.6) is 0 Å². The van der Waals surface area contributed by atoms with Gasteiger partial charge in [0, 0.05) is 24.5 Å². The minimum atomic E-state index is -3.36. The lowest BCUT2D eigenvalue weighted by Crippen LogP contribution is -2.36. The molecule has 0 spiro atoms. The number of halogens is 1. The lowest BCUT2D eigenvalue weighted by atomic mass is 10.1. The lowest BCUT2D eigenvalue weighted by molar-refractivity contribution is 0.568. The third kappa shape index (κ3) is 8.58. The van der Waals surface area contributed by atoms with E-state index in [4.69, 9.17) is 0 Å². The van der Waals surface area contributed by atoms with Crippen LogP contribution in [0.4, 0.5) is 0 Å². The summed E-state index contributed by atoms with van der Waals surface area (Å²) in [5.41, 5.74) is 1.71. The highest BCUT2D eigenvalue weighted by molar-refractivity contribution is 14.0. The molecule has 1 aromatic carbocycles. The van der Waals surface area contributed by atoms with Gasteiger partial charge in [-0.25, -0.2) is 13.1 Å². The van der Waals surface area contributed by atoms with Gasteiger partial charge >= 0.3 is 0 Å². The largest absolute Gasteiger partial charge is 0.352 e. The quantitative estimate of drug-likeness (QED) is 0.283. The number of nitrogens with one attached hydrogen (secondary N) is 3. The fraction of sp³-hybridized carbons (Fsp3) is 0.389. The molecule has 0 aliphatic heterocycles. The summed E-state index contributed by atoms with van der Waals surface area (Å²) in [6.45, 7) is 4.83. The number of sulfonamides is 1. The molecule has 9 heteroatoms. The maximum absolute atomic E-state index is 12.2. The second-order valence-corrected chi connectivity index (χ2v) is 8.95. The molecule has 0 aliphatic carbocycles. The highest BCUT2D eigenvalue weighted by Gasteiger charge is 2.15. The molecule has 0 radical (unpaired) electrons. The molecule has 0 unspecified atom stereocenters. The SMILES string of the molecule is CN=C(NCc1cccs1)NCc1ccccc1CS(=O)(=O)NC(C)C.I. The van der Waals surface area contributed by atoms with Gasteiger partial charge in [0.25, 0.3) is 0 Å². The molecule has 3 N–H and O–H groups in total. The zero-order chi connectivity index (χ0) is 19.0. The summed E-state index contributed by atoms with van der Waals surface area (Å²) in [7, 11) is -1.65. The summed E-state index contributed by atoms with van der Waals surface area (Å²) in [5, 5.41) is 8.53. The molecular formula is C18H27IN4O2S2. The number of thiophene rings is 1. The molecule has 2 rings (SSSR count). The molecule has 0 saturated carbocycles. The molecule has 0 bridgehead atoms. The monoisotopic (exact) mass is 522 g/mol. The van der Waals surface area contributed by atoms with E-state index < -0.39 is 10.0 Å². The summed E-state index contributed by atoms with van der Waals surface area (Å²) >= 11 is 1.68. The van der Waals surface area contributed by atoms with Crippen LogP contribution in [0.15, 0.2) is 46.8 Å². The van der Waals surface area contributed by atoms with Crippen LogP contribution < -0.4 is 15.4 Å². The van der Waals surface area contributed by atoms with Crippen LogP contribution in [0.1, 0.15) is 29.9 Å². The summed E-state index contributed by atoms with van der Waals surface area (Å²) in [6.07, 6.45) is 0. The molecule has 27 heavy (non-hydrogen) atoms. The molecule has 2 aromatic rings. The molecule has 1 aromatic heterocycles. The molecule has 1 heterocycles. The van der Waals surface area contributed by atoms with Crippen molar-refractivity contribution in [3.63, 3.8) is 0 Å². The Balaban J connectivity index is 0.00000364. The van der Waals surface area contributed by atoms with Crippen molar-refractivity contribution in [3.8, 4) is 0 Å². The van der Waals surface area contributed by atoms with Crippen LogP contribution in [0.3, 0.4) is 0 Å². The van der Waals surface area contributed by atoms with Gasteiger partial charge in [0.05, 0.1) is 12.3 Å². The number of benzene rings is 1. The number of hydrogen-bond donors (Lipinski definition) is 3. The van der Waals surface area contributed by atoms with E-state index in [0.717, 1.165) is 11.1 Å². The van der Waals surface area contributed by atoms with E-state index in [0.29, 0.717) is 19.0 Å². The zero-order valence-corrected chi connectivity index (χ0v) is 19.7. The van der Waals surface area contributed by atoms with Gasteiger partial charge in [-0.3, -0.25) is 4.99 Å². The molecule has 0 fully saturated rings. The first-order valence-electron chi connectivity index (χ1n) is 8.43. The smallest absolute Gasteiger partial charge is 0.216 e. The zero-order valence-electron chi connectivity index (χ0n) is 15.7. The van der Waals surface area contributed by atoms with Crippen molar-refractivity contribution in [2.45, 2.75) is 38.7 Å². The van der Waals surface area contributed by atoms with Gasteiger partial charge in [0.15, 0.2) is 5.96 Å². The Morgan fingerprint density at radius 3 is 2.33 bits per heavy atom. The highest BCUT2D eigenvalue weighted by atomic mass is 127. The average molecular weight is 522 g/mol. The second-order valence-electron chi connectivity index (χ2n) is 6.16. The van der Waals surface area contributed by atoms with Gasteiger partial charge < -0.3 is 10.6 Å². The standard InChI is InChI=1S/C18H26N4O2S2.HI/c1-14(2)22-26(23,24)13-16-8-5-4-7-15(16)11-20-18(19-3)21-12-17-9-6-10-25-17;/h4-10,14,22H,11-13H2,1-3H3,(H2,19,20,21);1H. The number of rotatable bonds is 8. The van der Waals surface area contributed by atoms with E-state index in [2.05, 4.69) is 26.4 Å². The van der Waals surface area contributed by atoms with Crippen molar-refractivity contribution in [3.05, 3.63) is 57.8 Å². The molecule has 6 nitrogen and oxygen atoms in total. The fourth-order valence-corrected chi connectivity index (χ4v) is 4.60. The minimum Gasteiger partial charge on any atom is -0.352 e. The first-order chi connectivity index (χ1) is 12.4. The maximum Gasteiger partial charge on any atom is 0.216 e. The van der Waals surface area contributed by atoms with Crippen LogP contribution in [0.2, 0.25) is 0 Å². The second kappa shape index (κ2) is 11.6. The van der Waals surface area contributed by atoms with E-state index in [-0.39, 0.29) is 35.8 Å². The Labute approximate surface area is 182 Å². The third-order valence-electron chi connectivity index (χ3n) is 3.56. The van der Waals surface area contributed by atoms with Crippen LogP contribution >= 0.6 is 35.3 Å². The Hall–Kier alpha value is -1.17. The normalized spacial score (nSPS) is 11.9. The van der Waals surface area contributed by atoms with Gasteiger partial charge in [-0.15, -0.1) is 35.3 Å². The topological polar surface area (TPSA) is 82.6 Å². The molecule has 0 amide bonds. The molecule has 0 atom stereocenters. The van der Waals surface area contributed by atoms with Gasteiger partial charge in [-0.05, 0) is 36.4 Å². The summed E-state index contributed by atoms with van der Waals surface area (Å²) in [6, 6.07) is 11.5. The van der Waals surface area contributed by atoms with Crippen LogP contribution in [-0.2, 0) is 28.9 Å². The van der Waals surface area contributed by atoms with Crippen molar-refractivity contribution in [2.75, 3.05) is 7.05 Å². The van der Waals surface area contributed by atoms with E-state index in [1.165, 1.54) is 4.88 Å². The summed E-state index contributed by atoms with van der Waals surface area (Å²) in [5.74, 6) is 0.640. The van der Waals surface area contributed by atoms with Crippen molar-refractivity contribution in [1.29, 1.82) is 0 Å². The lowest BCUT2D eigenvalue weighted by Gasteiger charge is -2.15. The minimum absolute atomic E-state index is 0. The van der Waals surface area contributed by atoms with E-state index in [9.17, 15) is 8.42 Å². The van der Waals surface area contributed by atoms with Crippen molar-refractivity contribution in [1.82, 2.24) is 15.4 Å². The van der Waals surface area contributed by atoms with E-state index >= 15 is 0 Å². The van der Waals surface area contributed by atoms with Gasteiger partial charge in [-0.1, -0.05) is 30.3 Å². The molecule has 0 aliphatic rings. The van der Waals surface area contributed by atoms with Crippen LogP contribution in [-0.4, -0.2) is 27.5 Å². The first kappa shape index (κ1) is 23.9. The maximum atomic E-state index is 12.2. The molecule has 150 valence electrons. The fourth-order valence-electron chi connectivity index (χ4n) is 2.46. The van der Waals surface area contributed by atoms with Crippen LogP contribution in [0.25, 0.3) is 0 Å². The average Bonchev–Trinajstić information content (AvgIpc) is 3.08. The van der Waals surface area contributed by atoms with Gasteiger partial charge in [0.1, 0.15) is 0 Å². The Bertz CT molecular complexity index is 822.